The first kappa shape index (κ1) is 13.6. The van der Waals surface area contributed by atoms with Crippen molar-refractivity contribution in [3.05, 3.63) is 11.9 Å². The molecule has 5 heteroatoms. The zero-order valence-electron chi connectivity index (χ0n) is 12.6. The maximum Gasteiger partial charge on any atom is 0.137 e. The molecule has 0 amide bonds. The first-order valence-corrected chi connectivity index (χ1v) is 7.78. The number of aromatic nitrogens is 2. The summed E-state index contributed by atoms with van der Waals surface area (Å²) in [6.45, 7) is 6.60. The number of hydrogen-bond donors (Lipinski definition) is 1. The van der Waals surface area contributed by atoms with Gasteiger partial charge in [-0.25, -0.2) is 9.97 Å². The lowest BCUT2D eigenvalue weighted by atomic mass is 10.1. The van der Waals surface area contributed by atoms with E-state index in [1.54, 1.807) is 6.33 Å². The summed E-state index contributed by atoms with van der Waals surface area (Å²) in [7, 11) is 1.91. The summed E-state index contributed by atoms with van der Waals surface area (Å²) in [6, 6.07) is 0.844. The molecule has 1 aromatic heterocycles. The highest BCUT2D eigenvalue weighted by Crippen LogP contribution is 2.27. The molecule has 0 bridgehead atoms. The predicted octanol–water partition coefficient (Wildman–Crippen LogP) is 1.89. The van der Waals surface area contributed by atoms with Gasteiger partial charge in [-0.05, 0) is 19.8 Å². The van der Waals surface area contributed by atoms with Gasteiger partial charge in [-0.3, -0.25) is 4.90 Å². The number of anilines is 2. The first-order chi connectivity index (χ1) is 9.79. The van der Waals surface area contributed by atoms with Gasteiger partial charge in [-0.2, -0.15) is 0 Å². The van der Waals surface area contributed by atoms with Crippen LogP contribution in [0.15, 0.2) is 6.33 Å². The van der Waals surface area contributed by atoms with Crippen molar-refractivity contribution < 1.29 is 0 Å². The Balaban J connectivity index is 1.65. The molecule has 2 fully saturated rings. The van der Waals surface area contributed by atoms with Crippen LogP contribution in [0.5, 0.6) is 0 Å². The fourth-order valence-electron chi connectivity index (χ4n) is 3.58. The van der Waals surface area contributed by atoms with Crippen molar-refractivity contribution in [1.82, 2.24) is 14.9 Å². The monoisotopic (exact) mass is 275 g/mol. The third-order valence-corrected chi connectivity index (χ3v) is 4.75. The molecular formula is C15H25N5. The lowest BCUT2D eigenvalue weighted by Crippen LogP contribution is -2.50. The summed E-state index contributed by atoms with van der Waals surface area (Å²) < 4.78 is 0. The molecule has 110 valence electrons. The second-order valence-corrected chi connectivity index (χ2v) is 5.88. The molecule has 5 nitrogen and oxygen atoms in total. The first-order valence-electron chi connectivity index (χ1n) is 7.78. The highest BCUT2D eigenvalue weighted by atomic mass is 15.3. The van der Waals surface area contributed by atoms with Gasteiger partial charge in [-0.1, -0.05) is 12.8 Å². The molecule has 0 unspecified atom stereocenters. The largest absolute Gasteiger partial charge is 0.373 e. The molecule has 2 heterocycles. The molecule has 1 saturated carbocycles. The van der Waals surface area contributed by atoms with E-state index in [1.165, 1.54) is 38.8 Å². The van der Waals surface area contributed by atoms with Gasteiger partial charge in [0.1, 0.15) is 18.0 Å². The molecule has 0 atom stereocenters. The van der Waals surface area contributed by atoms with Gasteiger partial charge in [0.25, 0.3) is 0 Å². The van der Waals surface area contributed by atoms with Crippen LogP contribution in [0, 0.1) is 6.92 Å². The van der Waals surface area contributed by atoms with E-state index in [9.17, 15) is 0 Å². The van der Waals surface area contributed by atoms with Crippen molar-refractivity contribution in [1.29, 1.82) is 0 Å². The van der Waals surface area contributed by atoms with Crippen molar-refractivity contribution in [2.45, 2.75) is 38.6 Å². The standard InChI is InChI=1S/C15H25N5/c1-12-14(16-2)17-11-18-15(12)20-9-7-19(8-10-20)13-5-3-4-6-13/h11,13H,3-10H2,1-2H3,(H,16,17,18). The minimum atomic E-state index is 0.844. The molecule has 1 N–H and O–H groups in total. The van der Waals surface area contributed by atoms with E-state index >= 15 is 0 Å². The Kier molecular flexibility index (Phi) is 4.05. The van der Waals surface area contributed by atoms with Gasteiger partial charge in [-0.15, -0.1) is 0 Å². The highest BCUT2D eigenvalue weighted by Gasteiger charge is 2.27. The summed E-state index contributed by atoms with van der Waals surface area (Å²) in [5.41, 5.74) is 1.16. The number of piperazine rings is 1. The van der Waals surface area contributed by atoms with Gasteiger partial charge in [0, 0.05) is 44.8 Å². The molecule has 0 radical (unpaired) electrons. The fourth-order valence-corrected chi connectivity index (χ4v) is 3.58. The van der Waals surface area contributed by atoms with Gasteiger partial charge in [0.15, 0.2) is 0 Å². The Bertz CT molecular complexity index is 448. The van der Waals surface area contributed by atoms with Gasteiger partial charge >= 0.3 is 0 Å². The second kappa shape index (κ2) is 5.95. The Morgan fingerprint density at radius 3 is 2.45 bits per heavy atom. The highest BCUT2D eigenvalue weighted by molar-refractivity contribution is 5.57. The van der Waals surface area contributed by atoms with E-state index in [0.29, 0.717) is 0 Å². The van der Waals surface area contributed by atoms with Crippen molar-refractivity contribution in [2.24, 2.45) is 0 Å². The number of rotatable bonds is 3. The third-order valence-electron chi connectivity index (χ3n) is 4.75. The van der Waals surface area contributed by atoms with Crippen molar-refractivity contribution in [3.63, 3.8) is 0 Å². The van der Waals surface area contributed by atoms with Crippen LogP contribution in [-0.4, -0.2) is 54.1 Å². The topological polar surface area (TPSA) is 44.3 Å². The molecule has 0 aromatic carbocycles. The SMILES string of the molecule is CNc1ncnc(N2CCN(C3CCCC3)CC2)c1C. The van der Waals surface area contributed by atoms with Crippen LogP contribution in [0.2, 0.25) is 0 Å². The van der Waals surface area contributed by atoms with Crippen LogP contribution in [0.4, 0.5) is 11.6 Å². The molecule has 1 saturated heterocycles. The summed E-state index contributed by atoms with van der Waals surface area (Å²) in [5, 5.41) is 3.14. The molecule has 2 aliphatic rings. The van der Waals surface area contributed by atoms with Crippen LogP contribution in [0.25, 0.3) is 0 Å². The van der Waals surface area contributed by atoms with Crippen LogP contribution in [-0.2, 0) is 0 Å². The molecular weight excluding hydrogens is 250 g/mol. The van der Waals surface area contributed by atoms with E-state index in [2.05, 4.69) is 32.0 Å². The molecule has 1 aliphatic heterocycles. The minimum absolute atomic E-state index is 0.844. The zero-order chi connectivity index (χ0) is 13.9. The van der Waals surface area contributed by atoms with E-state index < -0.39 is 0 Å². The fraction of sp³-hybridized carbons (Fsp3) is 0.733. The summed E-state index contributed by atoms with van der Waals surface area (Å²) in [5.74, 6) is 2.03. The Hall–Kier alpha value is -1.36. The minimum Gasteiger partial charge on any atom is -0.373 e. The van der Waals surface area contributed by atoms with E-state index in [-0.39, 0.29) is 0 Å². The predicted molar refractivity (Wildman–Crippen MR) is 82.4 cm³/mol. The molecule has 20 heavy (non-hydrogen) atoms. The van der Waals surface area contributed by atoms with Crippen LogP contribution >= 0.6 is 0 Å². The van der Waals surface area contributed by atoms with Crippen molar-refractivity contribution in [2.75, 3.05) is 43.4 Å². The summed E-state index contributed by atoms with van der Waals surface area (Å²) in [6.07, 6.45) is 7.30. The van der Waals surface area contributed by atoms with Crippen LogP contribution in [0.3, 0.4) is 0 Å². The number of nitrogens with one attached hydrogen (secondary N) is 1. The number of nitrogens with zero attached hydrogens (tertiary/aromatic N) is 4. The van der Waals surface area contributed by atoms with Crippen LogP contribution in [0.1, 0.15) is 31.2 Å². The van der Waals surface area contributed by atoms with E-state index in [1.807, 2.05) is 7.05 Å². The maximum absolute atomic E-state index is 4.49. The van der Waals surface area contributed by atoms with Crippen LogP contribution < -0.4 is 10.2 Å². The molecule has 1 aromatic rings. The lowest BCUT2D eigenvalue weighted by molar-refractivity contribution is 0.187. The normalized spacial score (nSPS) is 21.4. The summed E-state index contributed by atoms with van der Waals surface area (Å²) in [4.78, 5) is 13.8. The van der Waals surface area contributed by atoms with Gasteiger partial charge in [0.2, 0.25) is 0 Å². The Morgan fingerprint density at radius 2 is 1.80 bits per heavy atom. The molecule has 3 rings (SSSR count). The van der Waals surface area contributed by atoms with Crippen molar-refractivity contribution in [3.8, 4) is 0 Å². The van der Waals surface area contributed by atoms with Gasteiger partial charge in [0.05, 0.1) is 0 Å². The number of hydrogen-bond acceptors (Lipinski definition) is 5. The Morgan fingerprint density at radius 1 is 1.10 bits per heavy atom. The molecule has 1 aliphatic carbocycles. The lowest BCUT2D eigenvalue weighted by Gasteiger charge is -2.39. The third kappa shape index (κ3) is 2.59. The Labute approximate surface area is 121 Å². The smallest absolute Gasteiger partial charge is 0.137 e. The van der Waals surface area contributed by atoms with Crippen molar-refractivity contribution >= 4 is 11.6 Å². The average Bonchev–Trinajstić information content (AvgIpc) is 3.02. The zero-order valence-corrected chi connectivity index (χ0v) is 12.6. The van der Waals surface area contributed by atoms with Gasteiger partial charge < -0.3 is 10.2 Å². The summed E-state index contributed by atoms with van der Waals surface area (Å²) >= 11 is 0. The van der Waals surface area contributed by atoms with E-state index in [0.717, 1.165) is 36.3 Å². The second-order valence-electron chi connectivity index (χ2n) is 5.88. The molecule has 0 spiro atoms. The quantitative estimate of drug-likeness (QED) is 0.912. The average molecular weight is 275 g/mol. The van der Waals surface area contributed by atoms with E-state index in [4.69, 9.17) is 0 Å². The maximum atomic E-state index is 4.49.